The Morgan fingerprint density at radius 1 is 1.17 bits per heavy atom. The number of benzene rings is 2. The van der Waals surface area contributed by atoms with E-state index in [-0.39, 0.29) is 17.2 Å². The molecule has 1 amide bonds. The highest BCUT2D eigenvalue weighted by Crippen LogP contribution is 2.29. The van der Waals surface area contributed by atoms with E-state index in [4.69, 9.17) is 0 Å². The Balaban J connectivity index is 1.74. The van der Waals surface area contributed by atoms with Gasteiger partial charge >= 0.3 is 0 Å². The molecule has 0 spiro atoms. The molecule has 2 aromatic carbocycles. The van der Waals surface area contributed by atoms with Gasteiger partial charge < -0.3 is 10.3 Å². The van der Waals surface area contributed by atoms with Gasteiger partial charge in [0.15, 0.2) is 0 Å². The number of nitrogens with zero attached hydrogens (tertiary/aromatic N) is 2. The van der Waals surface area contributed by atoms with E-state index in [1.807, 2.05) is 0 Å². The molecule has 2 N–H and O–H groups in total. The number of hydrogen-bond donors (Lipinski definition) is 2. The minimum atomic E-state index is -3.72. The fourth-order valence-electron chi connectivity index (χ4n) is 2.78. The van der Waals surface area contributed by atoms with E-state index in [1.54, 1.807) is 36.7 Å². The summed E-state index contributed by atoms with van der Waals surface area (Å²) in [7, 11) is -2.22. The molecule has 0 saturated carbocycles. The summed E-state index contributed by atoms with van der Waals surface area (Å²) < 4.78 is 27.0. The molecular formula is C16H14N4O3S. The monoisotopic (exact) mass is 342 g/mol. The summed E-state index contributed by atoms with van der Waals surface area (Å²) in [6, 6.07) is 9.88. The van der Waals surface area contributed by atoms with Gasteiger partial charge in [-0.15, -0.1) is 0 Å². The van der Waals surface area contributed by atoms with Crippen LogP contribution in [-0.2, 0) is 21.2 Å². The second-order valence-corrected chi connectivity index (χ2v) is 7.59. The lowest BCUT2D eigenvalue weighted by Crippen LogP contribution is -2.26. The molecule has 0 saturated heterocycles. The molecule has 0 bridgehead atoms. The molecule has 1 aromatic heterocycles. The zero-order chi connectivity index (χ0) is 16.9. The number of rotatable bonds is 3. The van der Waals surface area contributed by atoms with Crippen molar-refractivity contribution >= 4 is 38.3 Å². The minimum Gasteiger partial charge on any atom is -0.345 e. The van der Waals surface area contributed by atoms with Gasteiger partial charge in [0.05, 0.1) is 34.4 Å². The molecule has 0 aliphatic carbocycles. The molecule has 0 radical (unpaired) electrons. The molecule has 3 aromatic rings. The fraction of sp³-hybridized carbons (Fsp3) is 0.125. The number of sulfonamides is 1. The first kappa shape index (κ1) is 14.7. The molecule has 4 rings (SSSR count). The lowest BCUT2D eigenvalue weighted by Gasteiger charge is -2.20. The predicted octanol–water partition coefficient (Wildman–Crippen LogP) is 1.88. The molecule has 7 nitrogen and oxygen atoms in total. The highest BCUT2D eigenvalue weighted by atomic mass is 32.2. The van der Waals surface area contributed by atoms with Crippen LogP contribution in [0, 0.1) is 0 Å². The maximum atomic E-state index is 12.9. The van der Waals surface area contributed by atoms with E-state index in [0.717, 1.165) is 11.0 Å². The third-order valence-electron chi connectivity index (χ3n) is 4.13. The van der Waals surface area contributed by atoms with Crippen molar-refractivity contribution in [2.45, 2.75) is 11.3 Å². The van der Waals surface area contributed by atoms with Gasteiger partial charge in [0.25, 0.3) is 10.0 Å². The van der Waals surface area contributed by atoms with Crippen LogP contribution in [0.1, 0.15) is 5.56 Å². The van der Waals surface area contributed by atoms with Crippen LogP contribution in [0.15, 0.2) is 47.6 Å². The number of fused-ring (bicyclic) bond motifs is 2. The van der Waals surface area contributed by atoms with Crippen LogP contribution in [0.3, 0.4) is 0 Å². The summed E-state index contributed by atoms with van der Waals surface area (Å²) in [5.41, 5.74) is 3.42. The standard InChI is InChI=1S/C16H14N4O3S/c1-20(11-2-4-14-15(8-11)18-9-17-14)24(22,23)12-3-5-13-10(6-12)7-16(21)19-13/h2-6,8-9H,7H2,1H3,(H,17,18)(H,19,21). The van der Waals surface area contributed by atoms with Crippen molar-refractivity contribution in [1.82, 2.24) is 9.97 Å². The van der Waals surface area contributed by atoms with E-state index in [1.165, 1.54) is 17.4 Å². The van der Waals surface area contributed by atoms with Crippen molar-refractivity contribution in [3.63, 3.8) is 0 Å². The Morgan fingerprint density at radius 2 is 2.00 bits per heavy atom. The normalized spacial score (nSPS) is 13.8. The maximum absolute atomic E-state index is 12.9. The first-order chi connectivity index (χ1) is 11.4. The lowest BCUT2D eigenvalue weighted by atomic mass is 10.2. The summed E-state index contributed by atoms with van der Waals surface area (Å²) in [6.07, 6.45) is 1.76. The van der Waals surface area contributed by atoms with Gasteiger partial charge in [-0.3, -0.25) is 9.10 Å². The number of H-pyrrole nitrogens is 1. The summed E-state index contributed by atoms with van der Waals surface area (Å²) in [5.74, 6) is -0.127. The number of aromatic amines is 1. The molecular weight excluding hydrogens is 328 g/mol. The van der Waals surface area contributed by atoms with Gasteiger partial charge in [-0.05, 0) is 42.0 Å². The van der Waals surface area contributed by atoms with Crippen molar-refractivity contribution in [2.24, 2.45) is 0 Å². The van der Waals surface area contributed by atoms with E-state index in [9.17, 15) is 13.2 Å². The van der Waals surface area contributed by atoms with Gasteiger partial charge in [0.1, 0.15) is 0 Å². The number of amides is 1. The summed E-state index contributed by atoms with van der Waals surface area (Å²) in [4.78, 5) is 18.7. The van der Waals surface area contributed by atoms with Crippen LogP contribution in [0.25, 0.3) is 11.0 Å². The average Bonchev–Trinajstić information content (AvgIpc) is 3.17. The number of anilines is 2. The average molecular weight is 342 g/mol. The lowest BCUT2D eigenvalue weighted by molar-refractivity contribution is -0.115. The van der Waals surface area contributed by atoms with Gasteiger partial charge in [-0.25, -0.2) is 13.4 Å². The molecule has 0 unspecified atom stereocenters. The second kappa shape index (κ2) is 5.07. The molecule has 24 heavy (non-hydrogen) atoms. The zero-order valence-corrected chi connectivity index (χ0v) is 13.6. The van der Waals surface area contributed by atoms with E-state index in [0.29, 0.717) is 16.9 Å². The first-order valence-electron chi connectivity index (χ1n) is 7.30. The molecule has 1 aliphatic heterocycles. The number of carbonyl (C=O) groups excluding carboxylic acids is 1. The summed E-state index contributed by atoms with van der Waals surface area (Å²) in [6.45, 7) is 0. The second-order valence-electron chi connectivity index (χ2n) is 5.62. The minimum absolute atomic E-state index is 0.127. The van der Waals surface area contributed by atoms with Gasteiger partial charge in [-0.1, -0.05) is 0 Å². The number of hydrogen-bond acceptors (Lipinski definition) is 4. The zero-order valence-electron chi connectivity index (χ0n) is 12.8. The largest absolute Gasteiger partial charge is 0.345 e. The van der Waals surface area contributed by atoms with Gasteiger partial charge in [0, 0.05) is 12.7 Å². The van der Waals surface area contributed by atoms with Crippen molar-refractivity contribution in [3.8, 4) is 0 Å². The Hall–Kier alpha value is -2.87. The number of nitrogens with one attached hydrogen (secondary N) is 2. The summed E-state index contributed by atoms with van der Waals surface area (Å²) >= 11 is 0. The van der Waals surface area contributed by atoms with Gasteiger partial charge in [-0.2, -0.15) is 0 Å². The van der Waals surface area contributed by atoms with Crippen LogP contribution < -0.4 is 9.62 Å². The van der Waals surface area contributed by atoms with Crippen LogP contribution in [0.4, 0.5) is 11.4 Å². The highest BCUT2D eigenvalue weighted by Gasteiger charge is 2.25. The summed E-state index contributed by atoms with van der Waals surface area (Å²) in [5, 5.41) is 2.70. The van der Waals surface area contributed by atoms with Crippen molar-refractivity contribution in [1.29, 1.82) is 0 Å². The fourth-order valence-corrected chi connectivity index (χ4v) is 4.02. The predicted molar refractivity (Wildman–Crippen MR) is 90.5 cm³/mol. The number of imidazole rings is 1. The molecule has 1 aliphatic rings. The molecule has 122 valence electrons. The first-order valence-corrected chi connectivity index (χ1v) is 8.74. The quantitative estimate of drug-likeness (QED) is 0.760. The molecule has 0 fully saturated rings. The Morgan fingerprint density at radius 3 is 2.83 bits per heavy atom. The van der Waals surface area contributed by atoms with Crippen LogP contribution >= 0.6 is 0 Å². The van der Waals surface area contributed by atoms with E-state index in [2.05, 4.69) is 15.3 Å². The number of carbonyl (C=O) groups is 1. The topological polar surface area (TPSA) is 95.2 Å². The molecule has 8 heteroatoms. The molecule has 2 heterocycles. The Bertz CT molecular complexity index is 1070. The Labute approximate surface area is 138 Å². The molecule has 0 atom stereocenters. The van der Waals surface area contributed by atoms with Crippen molar-refractivity contribution < 1.29 is 13.2 Å². The van der Waals surface area contributed by atoms with Crippen molar-refractivity contribution in [3.05, 3.63) is 48.3 Å². The third-order valence-corrected chi connectivity index (χ3v) is 5.91. The number of aromatic nitrogens is 2. The smallest absolute Gasteiger partial charge is 0.264 e. The van der Waals surface area contributed by atoms with E-state index >= 15 is 0 Å². The van der Waals surface area contributed by atoms with Crippen LogP contribution in [-0.4, -0.2) is 31.3 Å². The van der Waals surface area contributed by atoms with E-state index < -0.39 is 10.0 Å². The van der Waals surface area contributed by atoms with Crippen LogP contribution in [0.2, 0.25) is 0 Å². The SMILES string of the molecule is CN(c1ccc2nc[nH]c2c1)S(=O)(=O)c1ccc2c(c1)CC(=O)N2. The van der Waals surface area contributed by atoms with Crippen LogP contribution in [0.5, 0.6) is 0 Å². The Kier molecular flexibility index (Phi) is 3.10. The van der Waals surface area contributed by atoms with Gasteiger partial charge in [0.2, 0.25) is 5.91 Å². The third kappa shape index (κ3) is 2.23. The maximum Gasteiger partial charge on any atom is 0.264 e. The highest BCUT2D eigenvalue weighted by molar-refractivity contribution is 7.92. The van der Waals surface area contributed by atoms with Crippen molar-refractivity contribution in [2.75, 3.05) is 16.7 Å².